The van der Waals surface area contributed by atoms with Crippen LogP contribution in [0.1, 0.15) is 85.5 Å². The van der Waals surface area contributed by atoms with Gasteiger partial charge in [0.15, 0.2) is 0 Å². The molecule has 0 aromatic rings. The van der Waals surface area contributed by atoms with Crippen molar-refractivity contribution in [2.24, 2.45) is 23.2 Å². The molecule has 1 spiro atoms. The van der Waals surface area contributed by atoms with Crippen LogP contribution in [-0.4, -0.2) is 24.5 Å². The van der Waals surface area contributed by atoms with Crippen LogP contribution < -0.4 is 0 Å². The molecule has 2 saturated carbocycles. The summed E-state index contributed by atoms with van der Waals surface area (Å²) in [7, 11) is 2.37. The van der Waals surface area contributed by atoms with Gasteiger partial charge < -0.3 is 4.90 Å². The molecule has 0 aromatic heterocycles. The van der Waals surface area contributed by atoms with E-state index >= 15 is 0 Å². The minimum Gasteiger partial charge on any atom is -0.303 e. The molecule has 0 radical (unpaired) electrons. The average molecular weight is 294 g/mol. The second-order valence-electron chi connectivity index (χ2n) is 9.15. The van der Waals surface area contributed by atoms with Gasteiger partial charge in [-0.05, 0) is 94.5 Å². The van der Waals surface area contributed by atoms with Crippen molar-refractivity contribution in [3.8, 4) is 0 Å². The molecule has 2 fully saturated rings. The highest BCUT2D eigenvalue weighted by Crippen LogP contribution is 2.56. The van der Waals surface area contributed by atoms with Crippen LogP contribution in [-0.2, 0) is 0 Å². The van der Waals surface area contributed by atoms with Crippen LogP contribution >= 0.6 is 0 Å². The highest BCUT2D eigenvalue weighted by molar-refractivity contribution is 4.98. The maximum absolute atomic E-state index is 2.67. The van der Waals surface area contributed by atoms with Crippen molar-refractivity contribution in [3.63, 3.8) is 0 Å². The van der Waals surface area contributed by atoms with Crippen LogP contribution in [0.2, 0.25) is 0 Å². The van der Waals surface area contributed by atoms with E-state index in [0.29, 0.717) is 0 Å². The van der Waals surface area contributed by atoms with Gasteiger partial charge in [0.05, 0.1) is 0 Å². The lowest BCUT2D eigenvalue weighted by Gasteiger charge is -2.53. The van der Waals surface area contributed by atoms with E-state index in [0.717, 1.165) is 29.2 Å². The van der Waals surface area contributed by atoms with Gasteiger partial charge in [0.2, 0.25) is 0 Å². The molecule has 0 N–H and O–H groups in total. The zero-order valence-corrected chi connectivity index (χ0v) is 15.3. The molecule has 1 heteroatoms. The first kappa shape index (κ1) is 17.3. The van der Waals surface area contributed by atoms with Gasteiger partial charge in [0, 0.05) is 6.04 Å². The first-order valence-electron chi connectivity index (χ1n) is 9.60. The molecule has 0 atom stereocenters. The Bertz CT molecular complexity index is 291. The summed E-state index contributed by atoms with van der Waals surface area (Å²) < 4.78 is 0. The molecule has 0 unspecified atom stereocenters. The van der Waals surface area contributed by atoms with Crippen LogP contribution in [0.3, 0.4) is 0 Å². The molecule has 1 nitrogen and oxygen atoms in total. The van der Waals surface area contributed by atoms with Crippen molar-refractivity contribution >= 4 is 0 Å². The molecule has 2 aliphatic carbocycles. The molecule has 2 rings (SSSR count). The minimum absolute atomic E-state index is 0.787. The highest BCUT2D eigenvalue weighted by atomic mass is 15.1. The van der Waals surface area contributed by atoms with Gasteiger partial charge in [0.25, 0.3) is 0 Å². The molecule has 0 aliphatic heterocycles. The maximum atomic E-state index is 2.67. The van der Waals surface area contributed by atoms with E-state index in [-0.39, 0.29) is 0 Å². The first-order valence-corrected chi connectivity index (χ1v) is 9.60. The Hall–Kier alpha value is -0.0400. The molecule has 21 heavy (non-hydrogen) atoms. The van der Waals surface area contributed by atoms with Crippen molar-refractivity contribution in [3.05, 3.63) is 0 Å². The van der Waals surface area contributed by atoms with E-state index in [1.807, 2.05) is 0 Å². The number of hydrogen-bond acceptors (Lipinski definition) is 1. The van der Waals surface area contributed by atoms with Crippen molar-refractivity contribution in [2.75, 3.05) is 13.6 Å². The topological polar surface area (TPSA) is 3.24 Å². The predicted octanol–water partition coefficient (Wildman–Crippen LogP) is 5.74. The van der Waals surface area contributed by atoms with Crippen LogP contribution in [0.4, 0.5) is 0 Å². The number of rotatable bonds is 7. The third-order valence-electron chi connectivity index (χ3n) is 6.18. The van der Waals surface area contributed by atoms with Crippen LogP contribution in [0.25, 0.3) is 0 Å². The van der Waals surface area contributed by atoms with E-state index in [2.05, 4.69) is 39.6 Å². The lowest BCUT2D eigenvalue weighted by Crippen LogP contribution is -2.45. The van der Waals surface area contributed by atoms with Gasteiger partial charge in [-0.15, -0.1) is 0 Å². The van der Waals surface area contributed by atoms with Gasteiger partial charge in [-0.25, -0.2) is 0 Å². The van der Waals surface area contributed by atoms with E-state index in [9.17, 15) is 0 Å². The summed E-state index contributed by atoms with van der Waals surface area (Å²) in [6, 6.07) is 0.881. The zero-order valence-electron chi connectivity index (χ0n) is 15.3. The second kappa shape index (κ2) is 7.49. The van der Waals surface area contributed by atoms with Gasteiger partial charge >= 0.3 is 0 Å². The second-order valence-corrected chi connectivity index (χ2v) is 9.15. The molecular formula is C20H39N. The quantitative estimate of drug-likeness (QED) is 0.578. The Balaban J connectivity index is 1.65. The summed E-state index contributed by atoms with van der Waals surface area (Å²) >= 11 is 0. The summed E-state index contributed by atoms with van der Waals surface area (Å²) in [5.74, 6) is 2.82. The van der Waals surface area contributed by atoms with E-state index in [1.165, 1.54) is 51.5 Å². The molecule has 0 heterocycles. The summed E-state index contributed by atoms with van der Waals surface area (Å²) in [5.41, 5.74) is 0.787. The Labute approximate surface area is 133 Å². The van der Waals surface area contributed by atoms with Gasteiger partial charge in [-0.3, -0.25) is 0 Å². The van der Waals surface area contributed by atoms with Crippen LogP contribution in [0.15, 0.2) is 0 Å². The van der Waals surface area contributed by atoms with Crippen LogP contribution in [0, 0.1) is 23.2 Å². The summed E-state index contributed by atoms with van der Waals surface area (Å²) in [4.78, 5) is 2.67. The van der Waals surface area contributed by atoms with E-state index in [1.54, 1.807) is 12.8 Å². The minimum atomic E-state index is 0.787. The molecular weight excluding hydrogens is 254 g/mol. The predicted molar refractivity (Wildman–Crippen MR) is 93.6 cm³/mol. The maximum Gasteiger partial charge on any atom is 0.00926 e. The van der Waals surface area contributed by atoms with Gasteiger partial charge in [-0.2, -0.15) is 0 Å². The molecule has 124 valence electrons. The molecule has 0 amide bonds. The fourth-order valence-electron chi connectivity index (χ4n) is 4.99. The van der Waals surface area contributed by atoms with Crippen LogP contribution in [0.5, 0.6) is 0 Å². The molecule has 2 aliphatic rings. The van der Waals surface area contributed by atoms with Crippen molar-refractivity contribution in [1.82, 2.24) is 4.90 Å². The van der Waals surface area contributed by atoms with E-state index < -0.39 is 0 Å². The molecule has 0 saturated heterocycles. The normalized spacial score (nSPS) is 33.1. The summed E-state index contributed by atoms with van der Waals surface area (Å²) in [6.45, 7) is 10.8. The lowest BCUT2D eigenvalue weighted by atomic mass is 9.54. The number of nitrogens with zero attached hydrogens (tertiary/aromatic N) is 1. The monoisotopic (exact) mass is 293 g/mol. The Morgan fingerprint density at radius 3 is 2.14 bits per heavy atom. The van der Waals surface area contributed by atoms with Crippen molar-refractivity contribution in [2.45, 2.75) is 91.5 Å². The average Bonchev–Trinajstić information content (AvgIpc) is 2.36. The Morgan fingerprint density at radius 2 is 1.62 bits per heavy atom. The van der Waals surface area contributed by atoms with Crippen molar-refractivity contribution < 1.29 is 0 Å². The lowest BCUT2D eigenvalue weighted by molar-refractivity contribution is -0.0164. The van der Waals surface area contributed by atoms with Crippen molar-refractivity contribution in [1.29, 1.82) is 0 Å². The Morgan fingerprint density at radius 1 is 1.00 bits per heavy atom. The zero-order chi connectivity index (χ0) is 15.5. The fraction of sp³-hybridized carbons (Fsp3) is 1.00. The fourth-order valence-corrected chi connectivity index (χ4v) is 4.99. The summed E-state index contributed by atoms with van der Waals surface area (Å²) in [6.07, 6.45) is 13.3. The third kappa shape index (κ3) is 4.98. The smallest absolute Gasteiger partial charge is 0.00926 e. The molecule has 0 aromatic carbocycles. The standard InChI is InChI=1S/C20H39N/c1-16(2)7-6-12-21(5)19-8-10-20(11-9-19)14-18(15-20)13-17(3)4/h16-19H,6-15H2,1-5H3. The first-order chi connectivity index (χ1) is 9.90. The third-order valence-corrected chi connectivity index (χ3v) is 6.18. The van der Waals surface area contributed by atoms with Gasteiger partial charge in [0.1, 0.15) is 0 Å². The Kier molecular flexibility index (Phi) is 6.17. The van der Waals surface area contributed by atoms with E-state index in [4.69, 9.17) is 0 Å². The highest BCUT2D eigenvalue weighted by Gasteiger charge is 2.46. The number of hydrogen-bond donors (Lipinski definition) is 0. The largest absolute Gasteiger partial charge is 0.303 e. The van der Waals surface area contributed by atoms with Gasteiger partial charge in [-0.1, -0.05) is 27.7 Å². The summed E-state index contributed by atoms with van der Waals surface area (Å²) in [5, 5.41) is 0. The SMILES string of the molecule is CC(C)CCCN(C)C1CCC2(CC1)CC(CC(C)C)C2. The molecule has 0 bridgehead atoms.